The van der Waals surface area contributed by atoms with Crippen molar-refractivity contribution < 1.29 is 13.2 Å². The lowest BCUT2D eigenvalue weighted by Crippen LogP contribution is -2.24. The molecule has 0 radical (unpaired) electrons. The van der Waals surface area contributed by atoms with Gasteiger partial charge in [0.2, 0.25) is 15.9 Å². The molecule has 0 spiro atoms. The maximum Gasteiger partial charge on any atom is 0.238 e. The SMILES string of the molecule is NS(=O)(=O)c1ccc(CNC(=O)CSc2nnc(-c3cccs3)n2C2CC2)cc1. The first kappa shape index (κ1) is 20.1. The summed E-state index contributed by atoms with van der Waals surface area (Å²) >= 11 is 2.99. The van der Waals surface area contributed by atoms with Crippen molar-refractivity contribution in [3.63, 3.8) is 0 Å². The van der Waals surface area contributed by atoms with E-state index in [0.29, 0.717) is 12.6 Å². The average Bonchev–Trinajstić information content (AvgIpc) is 3.22. The van der Waals surface area contributed by atoms with E-state index in [1.54, 1.807) is 23.5 Å². The number of primary sulfonamides is 1. The van der Waals surface area contributed by atoms with Crippen LogP contribution in [-0.2, 0) is 21.4 Å². The van der Waals surface area contributed by atoms with E-state index in [0.717, 1.165) is 34.3 Å². The van der Waals surface area contributed by atoms with Crippen LogP contribution in [0.25, 0.3) is 10.7 Å². The zero-order valence-electron chi connectivity index (χ0n) is 15.3. The molecule has 1 fully saturated rings. The summed E-state index contributed by atoms with van der Waals surface area (Å²) in [7, 11) is -3.72. The van der Waals surface area contributed by atoms with Crippen molar-refractivity contribution >= 4 is 39.0 Å². The van der Waals surface area contributed by atoms with Crippen LogP contribution in [-0.4, -0.2) is 34.8 Å². The summed E-state index contributed by atoms with van der Waals surface area (Å²) in [6, 6.07) is 10.5. The molecule has 4 rings (SSSR count). The van der Waals surface area contributed by atoms with E-state index in [1.807, 2.05) is 17.5 Å². The average molecular weight is 450 g/mol. The first-order chi connectivity index (χ1) is 13.9. The number of nitrogens with one attached hydrogen (secondary N) is 1. The van der Waals surface area contributed by atoms with Gasteiger partial charge in [0.25, 0.3) is 0 Å². The first-order valence-electron chi connectivity index (χ1n) is 8.92. The Bertz CT molecular complexity index is 1100. The van der Waals surface area contributed by atoms with Gasteiger partial charge in [-0.15, -0.1) is 21.5 Å². The Labute approximate surface area is 176 Å². The molecule has 29 heavy (non-hydrogen) atoms. The van der Waals surface area contributed by atoms with Crippen molar-refractivity contribution in [1.82, 2.24) is 20.1 Å². The fourth-order valence-corrected chi connectivity index (χ4v) is 4.85. The molecule has 1 aromatic carbocycles. The molecule has 3 N–H and O–H groups in total. The van der Waals surface area contributed by atoms with Crippen LogP contribution in [0.3, 0.4) is 0 Å². The molecule has 1 aliphatic rings. The van der Waals surface area contributed by atoms with Crippen LogP contribution >= 0.6 is 23.1 Å². The number of sulfonamides is 1. The number of nitrogens with zero attached hydrogens (tertiary/aromatic N) is 3. The number of thioether (sulfide) groups is 1. The first-order valence-corrected chi connectivity index (χ1v) is 12.3. The monoisotopic (exact) mass is 449 g/mol. The smallest absolute Gasteiger partial charge is 0.238 e. The van der Waals surface area contributed by atoms with Crippen molar-refractivity contribution in [3.05, 3.63) is 47.3 Å². The molecule has 1 amide bonds. The fraction of sp³-hybridized carbons (Fsp3) is 0.278. The number of aromatic nitrogens is 3. The molecule has 3 aromatic rings. The highest BCUT2D eigenvalue weighted by molar-refractivity contribution is 7.99. The lowest BCUT2D eigenvalue weighted by Gasteiger charge is -2.08. The second-order valence-corrected chi connectivity index (χ2v) is 10.1. The minimum Gasteiger partial charge on any atom is -0.351 e. The maximum atomic E-state index is 12.2. The molecule has 8 nitrogen and oxygen atoms in total. The molecule has 152 valence electrons. The van der Waals surface area contributed by atoms with Crippen LogP contribution in [0.15, 0.2) is 51.8 Å². The topological polar surface area (TPSA) is 120 Å². The lowest BCUT2D eigenvalue weighted by molar-refractivity contribution is -0.118. The van der Waals surface area contributed by atoms with Crippen molar-refractivity contribution in [2.24, 2.45) is 5.14 Å². The number of benzene rings is 1. The quantitative estimate of drug-likeness (QED) is 0.510. The van der Waals surface area contributed by atoms with Gasteiger partial charge in [-0.25, -0.2) is 13.6 Å². The van der Waals surface area contributed by atoms with Crippen molar-refractivity contribution in [2.45, 2.75) is 35.5 Å². The van der Waals surface area contributed by atoms with Gasteiger partial charge < -0.3 is 5.32 Å². The van der Waals surface area contributed by atoms with Gasteiger partial charge in [0.05, 0.1) is 15.5 Å². The maximum absolute atomic E-state index is 12.2. The molecular formula is C18H19N5O3S3. The molecule has 0 bridgehead atoms. The van der Waals surface area contributed by atoms with Gasteiger partial charge in [0, 0.05) is 12.6 Å². The standard InChI is InChI=1S/C18H19N5O3S3/c19-29(25,26)14-7-3-12(4-8-14)10-20-16(24)11-28-18-22-21-17(15-2-1-9-27-15)23(18)13-5-6-13/h1-4,7-9,13H,5-6,10-11H2,(H,20,24)(H2,19,25,26). The Balaban J connectivity index is 1.34. The van der Waals surface area contributed by atoms with E-state index in [-0.39, 0.29) is 16.6 Å². The third kappa shape index (κ3) is 4.86. The zero-order valence-corrected chi connectivity index (χ0v) is 17.8. The largest absolute Gasteiger partial charge is 0.351 e. The van der Waals surface area contributed by atoms with Gasteiger partial charge in [-0.1, -0.05) is 30.0 Å². The molecule has 2 heterocycles. The highest BCUT2D eigenvalue weighted by atomic mass is 32.2. The predicted molar refractivity (Wildman–Crippen MR) is 112 cm³/mol. The van der Waals surface area contributed by atoms with Crippen LogP contribution in [0, 0.1) is 0 Å². The summed E-state index contributed by atoms with van der Waals surface area (Å²) in [5.74, 6) is 0.957. The zero-order chi connectivity index (χ0) is 20.4. The van der Waals surface area contributed by atoms with E-state index in [4.69, 9.17) is 5.14 Å². The van der Waals surface area contributed by atoms with Gasteiger partial charge in [-0.2, -0.15) is 0 Å². The van der Waals surface area contributed by atoms with E-state index in [2.05, 4.69) is 20.1 Å². The van der Waals surface area contributed by atoms with Gasteiger partial charge in [0.15, 0.2) is 11.0 Å². The molecular weight excluding hydrogens is 430 g/mol. The van der Waals surface area contributed by atoms with Crippen LogP contribution < -0.4 is 10.5 Å². The van der Waals surface area contributed by atoms with Crippen LogP contribution in [0.1, 0.15) is 24.4 Å². The van der Waals surface area contributed by atoms with E-state index in [1.165, 1.54) is 23.9 Å². The lowest BCUT2D eigenvalue weighted by atomic mass is 10.2. The number of carbonyl (C=O) groups is 1. The van der Waals surface area contributed by atoms with Crippen LogP contribution in [0.4, 0.5) is 0 Å². The Hall–Kier alpha value is -2.21. The number of nitrogens with two attached hydrogens (primary N) is 1. The number of carbonyl (C=O) groups excluding carboxylic acids is 1. The highest BCUT2D eigenvalue weighted by Crippen LogP contribution is 2.41. The summed E-state index contributed by atoms with van der Waals surface area (Å²) in [6.07, 6.45) is 2.20. The molecule has 0 atom stereocenters. The predicted octanol–water partition coefficient (Wildman–Crippen LogP) is 2.40. The second kappa shape index (κ2) is 8.27. The Morgan fingerprint density at radius 2 is 2.00 bits per heavy atom. The Morgan fingerprint density at radius 3 is 2.62 bits per heavy atom. The molecule has 2 aromatic heterocycles. The van der Waals surface area contributed by atoms with E-state index >= 15 is 0 Å². The number of thiophene rings is 1. The van der Waals surface area contributed by atoms with Crippen molar-refractivity contribution in [3.8, 4) is 10.7 Å². The molecule has 1 saturated carbocycles. The van der Waals surface area contributed by atoms with Gasteiger partial charge in [-0.3, -0.25) is 9.36 Å². The Morgan fingerprint density at radius 1 is 1.24 bits per heavy atom. The summed E-state index contributed by atoms with van der Waals surface area (Å²) in [4.78, 5) is 13.4. The van der Waals surface area contributed by atoms with Crippen molar-refractivity contribution in [1.29, 1.82) is 0 Å². The third-order valence-electron chi connectivity index (χ3n) is 4.39. The number of amides is 1. The van der Waals surface area contributed by atoms with Gasteiger partial charge in [-0.05, 0) is 42.0 Å². The van der Waals surface area contributed by atoms with Crippen molar-refractivity contribution in [2.75, 3.05) is 5.75 Å². The molecule has 1 aliphatic carbocycles. The summed E-state index contributed by atoms with van der Waals surface area (Å²) in [5, 5.41) is 19.3. The minimum atomic E-state index is -3.72. The molecule has 0 aliphatic heterocycles. The fourth-order valence-electron chi connectivity index (χ4n) is 2.79. The molecule has 11 heteroatoms. The summed E-state index contributed by atoms with van der Waals surface area (Å²) in [6.45, 7) is 0.306. The number of rotatable bonds is 8. The van der Waals surface area contributed by atoms with Crippen LogP contribution in [0.2, 0.25) is 0 Å². The van der Waals surface area contributed by atoms with E-state index < -0.39 is 10.0 Å². The molecule has 0 unspecified atom stereocenters. The van der Waals surface area contributed by atoms with Gasteiger partial charge in [0.1, 0.15) is 0 Å². The van der Waals surface area contributed by atoms with E-state index in [9.17, 15) is 13.2 Å². The summed E-state index contributed by atoms with van der Waals surface area (Å²) in [5.41, 5.74) is 0.789. The van der Waals surface area contributed by atoms with Crippen LogP contribution in [0.5, 0.6) is 0 Å². The highest BCUT2D eigenvalue weighted by Gasteiger charge is 2.30. The summed E-state index contributed by atoms with van der Waals surface area (Å²) < 4.78 is 24.7. The third-order valence-corrected chi connectivity index (χ3v) is 7.13. The van der Waals surface area contributed by atoms with Gasteiger partial charge >= 0.3 is 0 Å². The normalized spacial score (nSPS) is 14.1. The number of hydrogen-bond acceptors (Lipinski definition) is 7. The second-order valence-electron chi connectivity index (χ2n) is 6.64. The Kier molecular flexibility index (Phi) is 5.72. The number of hydrogen-bond donors (Lipinski definition) is 2. The molecule has 0 saturated heterocycles. The minimum absolute atomic E-state index is 0.0455.